The van der Waals surface area contributed by atoms with Crippen LogP contribution in [0, 0.1) is 6.92 Å². The number of rotatable bonds is 2. The average Bonchev–Trinajstić information content (AvgIpc) is 2.93. The molecular formula is C19H14N2OS. The molecule has 0 saturated heterocycles. The summed E-state index contributed by atoms with van der Waals surface area (Å²) in [6.45, 7) is 1.98. The van der Waals surface area contributed by atoms with Crippen LogP contribution in [0.1, 0.15) is 15.4 Å². The van der Waals surface area contributed by atoms with Crippen molar-refractivity contribution in [2.45, 2.75) is 6.92 Å². The van der Waals surface area contributed by atoms with Crippen LogP contribution in [0.2, 0.25) is 0 Å². The van der Waals surface area contributed by atoms with Crippen molar-refractivity contribution in [1.82, 2.24) is 4.98 Å². The molecule has 1 aromatic heterocycles. The van der Waals surface area contributed by atoms with Crippen molar-refractivity contribution in [3.05, 3.63) is 71.2 Å². The van der Waals surface area contributed by atoms with Crippen LogP contribution in [-0.4, -0.2) is 10.9 Å². The van der Waals surface area contributed by atoms with Gasteiger partial charge in [-0.05, 0) is 48.0 Å². The van der Waals surface area contributed by atoms with Gasteiger partial charge >= 0.3 is 0 Å². The summed E-state index contributed by atoms with van der Waals surface area (Å²) in [6.07, 6.45) is 0. The number of carbonyl (C=O) groups excluding carboxylic acids is 1. The molecular weight excluding hydrogens is 304 g/mol. The molecule has 0 atom stereocenters. The Hall–Kier alpha value is -2.72. The molecule has 1 N–H and O–H groups in total. The van der Waals surface area contributed by atoms with E-state index in [1.165, 1.54) is 0 Å². The number of hydrogen-bond acceptors (Lipinski definition) is 3. The average molecular weight is 318 g/mol. The molecule has 0 fully saturated rings. The second-order valence-corrected chi connectivity index (χ2v) is 6.67. The zero-order valence-electron chi connectivity index (χ0n) is 12.5. The van der Waals surface area contributed by atoms with Crippen LogP contribution in [0.15, 0.2) is 60.7 Å². The quantitative estimate of drug-likeness (QED) is 0.564. The predicted octanol–water partition coefficient (Wildman–Crippen LogP) is 5.01. The summed E-state index contributed by atoms with van der Waals surface area (Å²) >= 11 is 1.63. The summed E-state index contributed by atoms with van der Waals surface area (Å²) < 4.78 is 1.08. The van der Waals surface area contributed by atoms with E-state index in [0.717, 1.165) is 31.7 Å². The molecule has 0 bridgehead atoms. The van der Waals surface area contributed by atoms with Crippen LogP contribution in [0.5, 0.6) is 0 Å². The van der Waals surface area contributed by atoms with Crippen molar-refractivity contribution in [1.29, 1.82) is 0 Å². The molecule has 3 aromatic carbocycles. The van der Waals surface area contributed by atoms with Gasteiger partial charge in [0, 0.05) is 11.3 Å². The van der Waals surface area contributed by atoms with Crippen LogP contribution in [0.25, 0.3) is 21.0 Å². The number of hydrogen-bond donors (Lipinski definition) is 1. The van der Waals surface area contributed by atoms with Gasteiger partial charge in [-0.25, -0.2) is 4.98 Å². The lowest BCUT2D eigenvalue weighted by Gasteiger charge is -2.06. The standard InChI is InChI=1S/C19H14N2OS/c1-12-20-17-9-8-16(11-18(17)23-12)21-19(22)15-7-6-13-4-2-3-5-14(13)10-15/h2-11H,1H3,(H,21,22). The van der Waals surface area contributed by atoms with E-state index in [-0.39, 0.29) is 5.91 Å². The minimum atomic E-state index is -0.101. The molecule has 0 aliphatic carbocycles. The molecule has 0 unspecified atom stereocenters. The Morgan fingerprint density at radius 3 is 2.70 bits per heavy atom. The zero-order valence-corrected chi connectivity index (χ0v) is 13.4. The van der Waals surface area contributed by atoms with Gasteiger partial charge in [0.25, 0.3) is 5.91 Å². The fourth-order valence-electron chi connectivity index (χ4n) is 2.65. The molecule has 0 aliphatic heterocycles. The van der Waals surface area contributed by atoms with Gasteiger partial charge in [-0.3, -0.25) is 4.79 Å². The van der Waals surface area contributed by atoms with Crippen molar-refractivity contribution in [2.75, 3.05) is 5.32 Å². The number of anilines is 1. The highest BCUT2D eigenvalue weighted by Gasteiger charge is 2.08. The van der Waals surface area contributed by atoms with Crippen molar-refractivity contribution in [3.8, 4) is 0 Å². The number of benzene rings is 3. The van der Waals surface area contributed by atoms with E-state index in [4.69, 9.17) is 0 Å². The monoisotopic (exact) mass is 318 g/mol. The second kappa shape index (κ2) is 5.48. The highest BCUT2D eigenvalue weighted by atomic mass is 32.1. The summed E-state index contributed by atoms with van der Waals surface area (Å²) in [5.74, 6) is -0.101. The molecule has 4 aromatic rings. The Labute approximate surface area is 137 Å². The SMILES string of the molecule is Cc1nc2ccc(NC(=O)c3ccc4ccccc4c3)cc2s1. The lowest BCUT2D eigenvalue weighted by molar-refractivity contribution is 0.102. The molecule has 0 spiro atoms. The van der Waals surface area contributed by atoms with E-state index in [9.17, 15) is 4.79 Å². The van der Waals surface area contributed by atoms with Gasteiger partial charge in [0.1, 0.15) is 0 Å². The number of aryl methyl sites for hydroxylation is 1. The number of thiazole rings is 1. The second-order valence-electron chi connectivity index (χ2n) is 5.43. The first-order valence-electron chi connectivity index (χ1n) is 7.36. The van der Waals surface area contributed by atoms with Crippen molar-refractivity contribution in [2.24, 2.45) is 0 Å². The van der Waals surface area contributed by atoms with E-state index < -0.39 is 0 Å². The van der Waals surface area contributed by atoms with Gasteiger partial charge in [0.05, 0.1) is 15.2 Å². The highest BCUT2D eigenvalue weighted by molar-refractivity contribution is 7.18. The van der Waals surface area contributed by atoms with Crippen molar-refractivity contribution in [3.63, 3.8) is 0 Å². The first-order chi connectivity index (χ1) is 11.2. The Kier molecular flexibility index (Phi) is 3.32. The molecule has 3 nitrogen and oxygen atoms in total. The number of aromatic nitrogens is 1. The van der Waals surface area contributed by atoms with E-state index in [1.807, 2.05) is 67.6 Å². The number of nitrogens with one attached hydrogen (secondary N) is 1. The third-order valence-electron chi connectivity index (χ3n) is 3.76. The van der Waals surface area contributed by atoms with Gasteiger partial charge in [-0.15, -0.1) is 11.3 Å². The Morgan fingerprint density at radius 2 is 1.83 bits per heavy atom. The molecule has 23 heavy (non-hydrogen) atoms. The third-order valence-corrected chi connectivity index (χ3v) is 4.70. The van der Waals surface area contributed by atoms with Gasteiger partial charge in [-0.1, -0.05) is 30.3 Å². The first kappa shape index (κ1) is 13.9. The van der Waals surface area contributed by atoms with Crippen LogP contribution in [0.4, 0.5) is 5.69 Å². The summed E-state index contributed by atoms with van der Waals surface area (Å²) in [6, 6.07) is 19.6. The summed E-state index contributed by atoms with van der Waals surface area (Å²) in [7, 11) is 0. The van der Waals surface area contributed by atoms with E-state index in [0.29, 0.717) is 5.56 Å². The maximum atomic E-state index is 12.5. The fraction of sp³-hybridized carbons (Fsp3) is 0.0526. The molecule has 1 amide bonds. The molecule has 1 heterocycles. The minimum absolute atomic E-state index is 0.101. The predicted molar refractivity (Wildman–Crippen MR) is 96.3 cm³/mol. The lowest BCUT2D eigenvalue weighted by atomic mass is 10.1. The maximum absolute atomic E-state index is 12.5. The first-order valence-corrected chi connectivity index (χ1v) is 8.18. The molecule has 4 rings (SSSR count). The number of amides is 1. The Bertz CT molecular complexity index is 1040. The van der Waals surface area contributed by atoms with Gasteiger partial charge in [-0.2, -0.15) is 0 Å². The highest BCUT2D eigenvalue weighted by Crippen LogP contribution is 2.25. The number of carbonyl (C=O) groups is 1. The number of nitrogens with zero attached hydrogens (tertiary/aromatic N) is 1. The molecule has 4 heteroatoms. The van der Waals surface area contributed by atoms with Crippen LogP contribution >= 0.6 is 11.3 Å². The molecule has 112 valence electrons. The molecule has 0 radical (unpaired) electrons. The summed E-state index contributed by atoms with van der Waals surface area (Å²) in [5.41, 5.74) is 2.42. The van der Waals surface area contributed by atoms with Crippen molar-refractivity contribution < 1.29 is 4.79 Å². The minimum Gasteiger partial charge on any atom is -0.322 e. The van der Waals surface area contributed by atoms with Gasteiger partial charge in [0.2, 0.25) is 0 Å². The fourth-order valence-corrected chi connectivity index (χ4v) is 3.52. The summed E-state index contributed by atoms with van der Waals surface area (Å²) in [4.78, 5) is 16.9. The zero-order chi connectivity index (χ0) is 15.8. The maximum Gasteiger partial charge on any atom is 0.255 e. The summed E-state index contributed by atoms with van der Waals surface area (Å²) in [5, 5.41) is 6.18. The van der Waals surface area contributed by atoms with Crippen LogP contribution < -0.4 is 5.32 Å². The number of fused-ring (bicyclic) bond motifs is 2. The third kappa shape index (κ3) is 2.69. The van der Waals surface area contributed by atoms with Crippen LogP contribution in [-0.2, 0) is 0 Å². The Morgan fingerprint density at radius 1 is 1.00 bits per heavy atom. The van der Waals surface area contributed by atoms with Gasteiger partial charge < -0.3 is 5.32 Å². The largest absolute Gasteiger partial charge is 0.322 e. The molecule has 0 aliphatic rings. The van der Waals surface area contributed by atoms with Crippen LogP contribution in [0.3, 0.4) is 0 Å². The van der Waals surface area contributed by atoms with Crippen molar-refractivity contribution >= 4 is 43.9 Å². The topological polar surface area (TPSA) is 42.0 Å². The van der Waals surface area contributed by atoms with E-state index >= 15 is 0 Å². The Balaban J connectivity index is 1.64. The van der Waals surface area contributed by atoms with Gasteiger partial charge in [0.15, 0.2) is 0 Å². The normalized spacial score (nSPS) is 11.0. The van der Waals surface area contributed by atoms with E-state index in [1.54, 1.807) is 11.3 Å². The van der Waals surface area contributed by atoms with E-state index in [2.05, 4.69) is 10.3 Å². The lowest BCUT2D eigenvalue weighted by Crippen LogP contribution is -2.11. The smallest absolute Gasteiger partial charge is 0.255 e. The molecule has 0 saturated carbocycles.